The summed E-state index contributed by atoms with van der Waals surface area (Å²) >= 11 is 0. The van der Waals surface area contributed by atoms with Crippen LogP contribution in [0.25, 0.3) is 22.0 Å². The van der Waals surface area contributed by atoms with Gasteiger partial charge in [-0.3, -0.25) is 14.2 Å². The summed E-state index contributed by atoms with van der Waals surface area (Å²) in [5, 5.41) is 18.3. The van der Waals surface area contributed by atoms with E-state index in [0.29, 0.717) is 17.3 Å². The van der Waals surface area contributed by atoms with Gasteiger partial charge in [-0.15, -0.1) is 0 Å². The summed E-state index contributed by atoms with van der Waals surface area (Å²) in [6.45, 7) is 2.26. The fraction of sp³-hybridized carbons (Fsp3) is 0.400. The number of carbonyl (C=O) groups excluding carboxylic acids is 1. The maximum Gasteiger partial charge on any atom is 0.172 e. The van der Waals surface area contributed by atoms with Crippen molar-refractivity contribution in [1.29, 1.82) is 0 Å². The molecule has 2 aliphatic rings. The van der Waals surface area contributed by atoms with Gasteiger partial charge in [-0.1, -0.05) is 6.07 Å². The summed E-state index contributed by atoms with van der Waals surface area (Å²) in [6.07, 6.45) is 12.6. The fourth-order valence-electron chi connectivity index (χ4n) is 4.83. The molecule has 4 aromatic rings. The molecule has 2 fully saturated rings. The molecular weight excluding hydrogens is 414 g/mol. The second-order valence-electron chi connectivity index (χ2n) is 9.32. The number of hydrogen-bond donors (Lipinski definition) is 0. The van der Waals surface area contributed by atoms with Crippen LogP contribution in [-0.2, 0) is 13.5 Å². The van der Waals surface area contributed by atoms with E-state index in [2.05, 4.69) is 31.4 Å². The van der Waals surface area contributed by atoms with Gasteiger partial charge in [-0.25, -0.2) is 0 Å². The van der Waals surface area contributed by atoms with Crippen LogP contribution in [0.2, 0.25) is 0 Å². The summed E-state index contributed by atoms with van der Waals surface area (Å²) in [7, 11) is 1.90. The van der Waals surface area contributed by atoms with E-state index in [1.165, 1.54) is 12.8 Å². The van der Waals surface area contributed by atoms with Crippen LogP contribution >= 0.6 is 0 Å². The Balaban J connectivity index is 1.15. The van der Waals surface area contributed by atoms with Crippen molar-refractivity contribution in [1.82, 2.24) is 34.7 Å². The van der Waals surface area contributed by atoms with Crippen molar-refractivity contribution in [3.63, 3.8) is 0 Å². The van der Waals surface area contributed by atoms with Crippen LogP contribution in [0.15, 0.2) is 49.1 Å². The van der Waals surface area contributed by atoms with Gasteiger partial charge in [0.05, 0.1) is 41.6 Å². The van der Waals surface area contributed by atoms with Crippen LogP contribution in [0.1, 0.15) is 47.8 Å². The molecule has 3 aromatic heterocycles. The van der Waals surface area contributed by atoms with E-state index in [4.69, 9.17) is 0 Å². The molecule has 0 N–H and O–H groups in total. The second-order valence-corrected chi connectivity index (χ2v) is 9.32. The molecule has 168 valence electrons. The first-order valence-corrected chi connectivity index (χ1v) is 11.7. The Morgan fingerprint density at radius 3 is 2.55 bits per heavy atom. The molecule has 0 atom stereocenters. The molecule has 0 unspecified atom stereocenters. The number of carbonyl (C=O) groups is 1. The van der Waals surface area contributed by atoms with Crippen molar-refractivity contribution in [2.75, 3.05) is 13.1 Å². The molecule has 0 bridgehead atoms. The average Bonchev–Trinajstić information content (AvgIpc) is 3.40. The van der Waals surface area contributed by atoms with Gasteiger partial charge >= 0.3 is 0 Å². The number of ketones is 1. The quantitative estimate of drug-likeness (QED) is 0.426. The number of aromatic nitrogens is 6. The van der Waals surface area contributed by atoms with E-state index in [0.717, 1.165) is 54.0 Å². The molecule has 4 heterocycles. The van der Waals surface area contributed by atoms with Crippen molar-refractivity contribution < 1.29 is 4.79 Å². The van der Waals surface area contributed by atoms with Crippen LogP contribution in [0.4, 0.5) is 0 Å². The van der Waals surface area contributed by atoms with Crippen molar-refractivity contribution >= 4 is 16.7 Å². The first-order valence-electron chi connectivity index (χ1n) is 11.7. The Labute approximate surface area is 192 Å². The smallest absolute Gasteiger partial charge is 0.172 e. The van der Waals surface area contributed by atoms with Gasteiger partial charge in [-0.2, -0.15) is 20.4 Å². The lowest BCUT2D eigenvalue weighted by Gasteiger charge is -2.32. The van der Waals surface area contributed by atoms with Gasteiger partial charge in [0.1, 0.15) is 0 Å². The van der Waals surface area contributed by atoms with Crippen LogP contribution in [0.5, 0.6) is 0 Å². The third-order valence-electron chi connectivity index (χ3n) is 6.88. The molecule has 0 radical (unpaired) electrons. The minimum atomic E-state index is 0.0220. The van der Waals surface area contributed by atoms with Crippen LogP contribution in [0.3, 0.4) is 0 Å². The molecule has 33 heavy (non-hydrogen) atoms. The van der Waals surface area contributed by atoms with Gasteiger partial charge < -0.3 is 4.90 Å². The highest BCUT2D eigenvalue weighted by molar-refractivity contribution is 5.97. The maximum atomic E-state index is 12.9. The molecule has 1 aliphatic carbocycles. The number of nitrogens with zero attached hydrogens (tertiary/aromatic N) is 7. The predicted octanol–water partition coefficient (Wildman–Crippen LogP) is 3.45. The summed E-state index contributed by atoms with van der Waals surface area (Å²) in [5.74, 6) is 0.0220. The molecular formula is C25H27N7O. The number of rotatable bonds is 6. The fourth-order valence-corrected chi connectivity index (χ4v) is 4.83. The maximum absolute atomic E-state index is 12.9. The highest BCUT2D eigenvalue weighted by atomic mass is 16.1. The zero-order valence-electron chi connectivity index (χ0n) is 18.8. The Hall–Kier alpha value is -3.39. The normalized spacial score (nSPS) is 17.6. The minimum absolute atomic E-state index is 0.0220. The van der Waals surface area contributed by atoms with E-state index in [1.54, 1.807) is 10.9 Å². The van der Waals surface area contributed by atoms with Crippen LogP contribution < -0.4 is 0 Å². The number of Topliss-reactive ketones (excluding diaryl/α,β-unsaturated/α-hetero) is 1. The van der Waals surface area contributed by atoms with Crippen molar-refractivity contribution in [2.45, 2.75) is 44.2 Å². The van der Waals surface area contributed by atoms with E-state index < -0.39 is 0 Å². The largest absolute Gasteiger partial charge is 0.300 e. The Bertz CT molecular complexity index is 1310. The standard InChI is InChI=1S/C25H27N7O/c1-30-15-19(13-26-30)17-2-5-24-18(10-17)11-21(28-29-24)12-25(33)20-14-27-32(16-20)23-6-8-31(9-7-23)22-3-4-22/h2,5,10-11,13-16,22-23H,3-4,6-9,12H2,1H3. The first kappa shape index (κ1) is 20.2. The van der Waals surface area contributed by atoms with Crippen molar-refractivity contribution in [2.24, 2.45) is 7.05 Å². The van der Waals surface area contributed by atoms with Crippen molar-refractivity contribution in [3.8, 4) is 11.1 Å². The summed E-state index contributed by atoms with van der Waals surface area (Å²) in [6, 6.07) is 9.20. The predicted molar refractivity (Wildman–Crippen MR) is 125 cm³/mol. The highest BCUT2D eigenvalue weighted by Crippen LogP contribution is 2.32. The molecule has 8 heteroatoms. The summed E-state index contributed by atoms with van der Waals surface area (Å²) < 4.78 is 3.77. The Morgan fingerprint density at radius 2 is 1.79 bits per heavy atom. The number of benzene rings is 1. The molecule has 6 rings (SSSR count). The van der Waals surface area contributed by atoms with E-state index in [9.17, 15) is 4.79 Å². The third-order valence-corrected chi connectivity index (χ3v) is 6.88. The third kappa shape index (κ3) is 4.18. The summed E-state index contributed by atoms with van der Waals surface area (Å²) in [4.78, 5) is 15.5. The van der Waals surface area contributed by atoms with Gasteiger partial charge in [0, 0.05) is 49.5 Å². The monoisotopic (exact) mass is 441 g/mol. The van der Waals surface area contributed by atoms with Gasteiger partial charge in [0.15, 0.2) is 5.78 Å². The highest BCUT2D eigenvalue weighted by Gasteiger charge is 2.32. The van der Waals surface area contributed by atoms with Crippen molar-refractivity contribution in [3.05, 3.63) is 60.3 Å². The van der Waals surface area contributed by atoms with Gasteiger partial charge in [0.2, 0.25) is 0 Å². The lowest BCUT2D eigenvalue weighted by Crippen LogP contribution is -2.36. The van der Waals surface area contributed by atoms with Gasteiger partial charge in [0.25, 0.3) is 0 Å². The van der Waals surface area contributed by atoms with Gasteiger partial charge in [-0.05, 0) is 49.4 Å². The number of hydrogen-bond acceptors (Lipinski definition) is 6. The zero-order valence-corrected chi connectivity index (χ0v) is 18.8. The second kappa shape index (κ2) is 8.19. The van der Waals surface area contributed by atoms with Crippen LogP contribution in [0, 0.1) is 0 Å². The molecule has 1 aliphatic heterocycles. The lowest BCUT2D eigenvalue weighted by molar-refractivity contribution is 0.0991. The topological polar surface area (TPSA) is 81.7 Å². The average molecular weight is 442 g/mol. The SMILES string of the molecule is Cn1cc(-c2ccc3nnc(CC(=O)c4cnn(C5CCN(C6CC6)CC5)c4)cc3c2)cn1. The molecule has 0 spiro atoms. The number of aryl methyl sites for hydroxylation is 1. The zero-order chi connectivity index (χ0) is 22.4. The molecule has 0 amide bonds. The minimum Gasteiger partial charge on any atom is -0.300 e. The molecule has 8 nitrogen and oxygen atoms in total. The van der Waals surface area contributed by atoms with E-state index >= 15 is 0 Å². The first-order chi connectivity index (χ1) is 16.1. The number of fused-ring (bicyclic) bond motifs is 1. The lowest BCUT2D eigenvalue weighted by atomic mass is 10.0. The van der Waals surface area contributed by atoms with Crippen LogP contribution in [-0.4, -0.2) is 59.6 Å². The molecule has 1 saturated heterocycles. The molecule has 1 saturated carbocycles. The number of likely N-dealkylation sites (tertiary alicyclic amines) is 1. The summed E-state index contributed by atoms with van der Waals surface area (Å²) in [5.41, 5.74) is 4.23. The number of piperidine rings is 1. The Kier molecular flexibility index (Phi) is 5.02. The molecule has 1 aromatic carbocycles. The van der Waals surface area contributed by atoms with E-state index in [-0.39, 0.29) is 12.2 Å². The van der Waals surface area contributed by atoms with E-state index in [1.807, 2.05) is 48.5 Å². The Morgan fingerprint density at radius 1 is 0.939 bits per heavy atom.